The van der Waals surface area contributed by atoms with Gasteiger partial charge in [-0.3, -0.25) is 4.57 Å². The van der Waals surface area contributed by atoms with Gasteiger partial charge in [0.2, 0.25) is 0 Å². The van der Waals surface area contributed by atoms with Gasteiger partial charge in [0.25, 0.3) is 0 Å². The molecule has 0 aliphatic carbocycles. The summed E-state index contributed by atoms with van der Waals surface area (Å²) in [4.78, 5) is 11.2. The van der Waals surface area contributed by atoms with Crippen molar-refractivity contribution in [2.45, 2.75) is 12.5 Å². The Bertz CT molecular complexity index is 971. The van der Waals surface area contributed by atoms with Gasteiger partial charge in [-0.1, -0.05) is 41.9 Å². The molecular formula is C18H14ClN3O3. The molecular weight excluding hydrogens is 342 g/mol. The Morgan fingerprint density at radius 1 is 1.24 bits per heavy atom. The SMILES string of the molecule is Cc1nnc2n1-c1ccc(Cl)cc1C2(OCC(=O)O)c1ccccc1. The van der Waals surface area contributed by atoms with Crippen LogP contribution >= 0.6 is 11.6 Å². The average molecular weight is 356 g/mol. The summed E-state index contributed by atoms with van der Waals surface area (Å²) in [5.41, 5.74) is 1.17. The fourth-order valence-electron chi connectivity index (χ4n) is 3.34. The van der Waals surface area contributed by atoms with Gasteiger partial charge in [-0.15, -0.1) is 10.2 Å². The number of aryl methyl sites for hydroxylation is 1. The molecule has 126 valence electrons. The number of benzene rings is 2. The van der Waals surface area contributed by atoms with E-state index >= 15 is 0 Å². The van der Waals surface area contributed by atoms with Gasteiger partial charge in [0, 0.05) is 10.6 Å². The lowest BCUT2D eigenvalue weighted by atomic mass is 9.86. The highest BCUT2D eigenvalue weighted by molar-refractivity contribution is 6.30. The number of aliphatic carboxylic acids is 1. The van der Waals surface area contributed by atoms with E-state index in [1.54, 1.807) is 12.1 Å². The first-order chi connectivity index (χ1) is 12.0. The van der Waals surface area contributed by atoms with Crippen LogP contribution < -0.4 is 0 Å². The summed E-state index contributed by atoms with van der Waals surface area (Å²) in [5, 5.41) is 18.2. The van der Waals surface area contributed by atoms with Crippen LogP contribution in [0.25, 0.3) is 5.69 Å². The van der Waals surface area contributed by atoms with Gasteiger partial charge in [-0.2, -0.15) is 0 Å². The Morgan fingerprint density at radius 2 is 2.00 bits per heavy atom. The van der Waals surface area contributed by atoms with Gasteiger partial charge in [-0.25, -0.2) is 4.79 Å². The highest BCUT2D eigenvalue weighted by Gasteiger charge is 2.49. The van der Waals surface area contributed by atoms with E-state index in [4.69, 9.17) is 16.3 Å². The molecule has 1 atom stereocenters. The van der Waals surface area contributed by atoms with Gasteiger partial charge in [0.15, 0.2) is 11.4 Å². The molecule has 1 aliphatic heterocycles. The molecule has 4 rings (SSSR count). The van der Waals surface area contributed by atoms with E-state index in [-0.39, 0.29) is 0 Å². The van der Waals surface area contributed by atoms with Crippen molar-refractivity contribution < 1.29 is 14.6 Å². The third kappa shape index (κ3) is 2.26. The monoisotopic (exact) mass is 355 g/mol. The Kier molecular flexibility index (Phi) is 3.59. The number of carbonyl (C=O) groups is 1. The minimum absolute atomic E-state index is 0.479. The van der Waals surface area contributed by atoms with E-state index in [1.807, 2.05) is 47.9 Å². The zero-order chi connectivity index (χ0) is 17.6. The number of aromatic nitrogens is 3. The van der Waals surface area contributed by atoms with Crippen LogP contribution in [0.15, 0.2) is 48.5 Å². The minimum Gasteiger partial charge on any atom is -0.480 e. The molecule has 7 heteroatoms. The maximum Gasteiger partial charge on any atom is 0.329 e. The highest BCUT2D eigenvalue weighted by Crippen LogP contribution is 2.48. The molecule has 0 fully saturated rings. The summed E-state index contributed by atoms with van der Waals surface area (Å²) in [6, 6.07) is 14.8. The number of fused-ring (bicyclic) bond motifs is 3. The molecule has 3 aromatic rings. The van der Waals surface area contributed by atoms with Gasteiger partial charge in [0.1, 0.15) is 12.4 Å². The number of rotatable bonds is 4. The second-order valence-electron chi connectivity index (χ2n) is 5.80. The standard InChI is InChI=1S/C18H14ClN3O3/c1-11-20-21-17-18(25-10-16(23)24,12-5-3-2-4-6-12)14-9-13(19)7-8-15(14)22(11)17/h2-9H,10H2,1H3,(H,23,24). The first kappa shape index (κ1) is 15.8. The smallest absolute Gasteiger partial charge is 0.329 e. The van der Waals surface area contributed by atoms with Crippen molar-refractivity contribution >= 4 is 17.6 Å². The summed E-state index contributed by atoms with van der Waals surface area (Å²) in [6.45, 7) is 1.36. The molecule has 0 bridgehead atoms. The molecule has 6 nitrogen and oxygen atoms in total. The topological polar surface area (TPSA) is 77.2 Å². The maximum atomic E-state index is 11.2. The molecule has 1 N–H and O–H groups in total. The minimum atomic E-state index is -1.18. The van der Waals surface area contributed by atoms with E-state index in [2.05, 4.69) is 10.2 Å². The van der Waals surface area contributed by atoms with Crippen molar-refractivity contribution in [2.75, 3.05) is 6.61 Å². The summed E-state index contributed by atoms with van der Waals surface area (Å²) in [6.07, 6.45) is 0. The second-order valence-corrected chi connectivity index (χ2v) is 6.23. The van der Waals surface area contributed by atoms with E-state index in [0.29, 0.717) is 16.7 Å². The first-order valence-electron chi connectivity index (χ1n) is 7.68. The molecule has 0 radical (unpaired) electrons. The Morgan fingerprint density at radius 3 is 2.72 bits per heavy atom. The van der Waals surface area contributed by atoms with Crippen molar-refractivity contribution in [3.8, 4) is 5.69 Å². The number of hydrogen-bond donors (Lipinski definition) is 1. The Balaban J connectivity index is 2.06. The molecule has 0 amide bonds. The van der Waals surface area contributed by atoms with Crippen LogP contribution in [0.1, 0.15) is 22.8 Å². The third-order valence-corrected chi connectivity index (χ3v) is 4.55. The maximum absolute atomic E-state index is 11.2. The normalized spacial score (nSPS) is 18.0. The van der Waals surface area contributed by atoms with Crippen molar-refractivity contribution in [1.29, 1.82) is 0 Å². The second kappa shape index (κ2) is 5.68. The van der Waals surface area contributed by atoms with Crippen LogP contribution in [0.3, 0.4) is 0 Å². The lowest BCUT2D eigenvalue weighted by Gasteiger charge is -2.29. The molecule has 1 unspecified atom stereocenters. The van der Waals surface area contributed by atoms with Crippen LogP contribution in [0.4, 0.5) is 0 Å². The lowest BCUT2D eigenvalue weighted by Crippen LogP contribution is -2.34. The number of carboxylic acid groups (broad SMARTS) is 1. The van der Waals surface area contributed by atoms with Gasteiger partial charge in [0.05, 0.1) is 5.69 Å². The summed E-state index contributed by atoms with van der Waals surface area (Å²) in [5.74, 6) is 0.151. The summed E-state index contributed by atoms with van der Waals surface area (Å²) >= 11 is 6.23. The molecule has 2 heterocycles. The number of hydrogen-bond acceptors (Lipinski definition) is 4. The van der Waals surface area contributed by atoms with Crippen LogP contribution in [-0.2, 0) is 15.1 Å². The van der Waals surface area contributed by atoms with Crippen molar-refractivity contribution in [3.05, 3.63) is 76.3 Å². The zero-order valence-corrected chi connectivity index (χ0v) is 14.1. The quantitative estimate of drug-likeness (QED) is 0.778. The molecule has 1 aliphatic rings. The summed E-state index contributed by atoms with van der Waals surface area (Å²) < 4.78 is 7.85. The third-order valence-electron chi connectivity index (χ3n) is 4.31. The lowest BCUT2D eigenvalue weighted by molar-refractivity contribution is -0.146. The zero-order valence-electron chi connectivity index (χ0n) is 13.3. The molecule has 0 saturated carbocycles. The van der Waals surface area contributed by atoms with Crippen LogP contribution in [0.2, 0.25) is 5.02 Å². The predicted molar refractivity (Wildman–Crippen MR) is 91.0 cm³/mol. The van der Waals surface area contributed by atoms with Crippen molar-refractivity contribution in [2.24, 2.45) is 0 Å². The fraction of sp³-hybridized carbons (Fsp3) is 0.167. The highest BCUT2D eigenvalue weighted by atomic mass is 35.5. The number of nitrogens with zero attached hydrogens (tertiary/aromatic N) is 3. The molecule has 0 saturated heterocycles. The van der Waals surface area contributed by atoms with Gasteiger partial charge < -0.3 is 9.84 Å². The summed E-state index contributed by atoms with van der Waals surface area (Å²) in [7, 11) is 0. The van der Waals surface area contributed by atoms with Gasteiger partial charge in [-0.05, 0) is 30.7 Å². The van der Waals surface area contributed by atoms with Crippen molar-refractivity contribution in [1.82, 2.24) is 14.8 Å². The first-order valence-corrected chi connectivity index (χ1v) is 8.06. The Labute approximate surface area is 148 Å². The number of ether oxygens (including phenoxy) is 1. The van der Waals surface area contributed by atoms with E-state index < -0.39 is 18.2 Å². The van der Waals surface area contributed by atoms with Crippen molar-refractivity contribution in [3.63, 3.8) is 0 Å². The molecule has 25 heavy (non-hydrogen) atoms. The van der Waals surface area contributed by atoms with Gasteiger partial charge >= 0.3 is 5.97 Å². The largest absolute Gasteiger partial charge is 0.480 e. The van der Waals surface area contributed by atoms with E-state index in [9.17, 15) is 9.90 Å². The molecule has 2 aromatic carbocycles. The Hall–Kier alpha value is -2.70. The van der Waals surface area contributed by atoms with E-state index in [0.717, 1.165) is 16.8 Å². The molecule has 1 aromatic heterocycles. The van der Waals surface area contributed by atoms with Crippen LogP contribution in [0, 0.1) is 6.92 Å². The average Bonchev–Trinajstić information content (AvgIpc) is 3.11. The number of halogens is 1. The van der Waals surface area contributed by atoms with Crippen LogP contribution in [-0.4, -0.2) is 32.4 Å². The fourth-order valence-corrected chi connectivity index (χ4v) is 3.51. The number of carboxylic acids is 1. The molecule has 0 spiro atoms. The van der Waals surface area contributed by atoms with E-state index in [1.165, 1.54) is 0 Å². The predicted octanol–water partition coefficient (Wildman–Crippen LogP) is 2.94. The van der Waals surface area contributed by atoms with Crippen LogP contribution in [0.5, 0.6) is 0 Å².